The lowest BCUT2D eigenvalue weighted by Gasteiger charge is -2.12. The molecule has 6 nitrogen and oxygen atoms in total. The highest BCUT2D eigenvalue weighted by molar-refractivity contribution is 5.91. The number of hydrogen-bond acceptors (Lipinski definition) is 4. The van der Waals surface area contributed by atoms with Crippen molar-refractivity contribution in [1.82, 2.24) is 14.6 Å². The summed E-state index contributed by atoms with van der Waals surface area (Å²) in [6.45, 7) is 0.651. The molecule has 0 atom stereocenters. The van der Waals surface area contributed by atoms with Crippen molar-refractivity contribution < 1.29 is 9.47 Å². The molecule has 0 aliphatic heterocycles. The second kappa shape index (κ2) is 10.8. The van der Waals surface area contributed by atoms with Crippen LogP contribution in [0.4, 0.5) is 0 Å². The lowest BCUT2D eigenvalue weighted by Crippen LogP contribution is -2.20. The lowest BCUT2D eigenvalue weighted by molar-refractivity contribution is 0.105. The molecule has 0 saturated carbocycles. The fourth-order valence-electron chi connectivity index (χ4n) is 4.81. The van der Waals surface area contributed by atoms with Gasteiger partial charge in [0.25, 0.3) is 5.56 Å². The van der Waals surface area contributed by atoms with Gasteiger partial charge in [-0.3, -0.25) is 4.79 Å². The van der Waals surface area contributed by atoms with Crippen molar-refractivity contribution in [1.29, 1.82) is 0 Å². The van der Waals surface area contributed by atoms with E-state index in [1.807, 2.05) is 115 Å². The molecule has 0 saturated heterocycles. The molecular formula is C33H27N3O3. The molecule has 2 heterocycles. The number of aromatic nitrogens is 3. The van der Waals surface area contributed by atoms with Gasteiger partial charge in [-0.05, 0) is 28.8 Å². The van der Waals surface area contributed by atoms with E-state index in [4.69, 9.17) is 14.6 Å². The number of nitrogens with one attached hydrogen (secondary N) is 1. The number of rotatable bonds is 8. The van der Waals surface area contributed by atoms with E-state index < -0.39 is 0 Å². The Bertz CT molecular complexity index is 1760. The van der Waals surface area contributed by atoms with E-state index in [0.717, 1.165) is 39.3 Å². The standard InChI is InChI=1S/C33H27N3O3/c1-38-27-19-17-25(18-20-27)29-28(22-39-21-23-11-5-2-6-12-23)34-32-30(24-13-7-3-8-14-24)31(35-36(32)33(29)37)26-15-9-4-10-16-26/h2-20,34H,21-22H2,1H3. The van der Waals surface area contributed by atoms with Gasteiger partial charge in [-0.15, -0.1) is 0 Å². The minimum atomic E-state index is -0.216. The SMILES string of the molecule is COc1ccc(-c2c(COCc3ccccc3)[nH]c3c(-c4ccccc4)c(-c4ccccc4)nn3c2=O)cc1. The highest BCUT2D eigenvalue weighted by Gasteiger charge is 2.22. The second-order valence-corrected chi connectivity index (χ2v) is 9.21. The van der Waals surface area contributed by atoms with E-state index in [2.05, 4.69) is 4.98 Å². The molecule has 0 fully saturated rings. The summed E-state index contributed by atoms with van der Waals surface area (Å²) in [5, 5.41) is 4.86. The predicted molar refractivity (Wildman–Crippen MR) is 154 cm³/mol. The van der Waals surface area contributed by atoms with E-state index in [1.54, 1.807) is 7.11 Å². The summed E-state index contributed by atoms with van der Waals surface area (Å²) >= 11 is 0. The third kappa shape index (κ3) is 4.85. The van der Waals surface area contributed by atoms with Gasteiger partial charge in [0.1, 0.15) is 17.1 Å². The Morgan fingerprint density at radius 2 is 1.28 bits per heavy atom. The first-order valence-electron chi connectivity index (χ1n) is 12.8. The minimum absolute atomic E-state index is 0.216. The highest BCUT2D eigenvalue weighted by atomic mass is 16.5. The van der Waals surface area contributed by atoms with Crippen LogP contribution < -0.4 is 10.3 Å². The molecule has 192 valence electrons. The molecule has 0 radical (unpaired) electrons. The number of nitrogens with zero attached hydrogens (tertiary/aromatic N) is 2. The zero-order chi connectivity index (χ0) is 26.6. The third-order valence-corrected chi connectivity index (χ3v) is 6.71. The summed E-state index contributed by atoms with van der Waals surface area (Å²) in [6.07, 6.45) is 0. The normalized spacial score (nSPS) is 11.1. The zero-order valence-corrected chi connectivity index (χ0v) is 21.5. The molecule has 0 unspecified atom stereocenters. The Hall–Kier alpha value is -4.94. The number of H-pyrrole nitrogens is 1. The number of ether oxygens (including phenoxy) is 2. The van der Waals surface area contributed by atoms with E-state index in [0.29, 0.717) is 23.5 Å². The zero-order valence-electron chi connectivity index (χ0n) is 21.5. The molecule has 6 aromatic rings. The summed E-state index contributed by atoms with van der Waals surface area (Å²) in [6, 6.07) is 37.4. The fraction of sp³-hybridized carbons (Fsp3) is 0.0909. The van der Waals surface area contributed by atoms with Crippen LogP contribution in [0, 0.1) is 0 Å². The van der Waals surface area contributed by atoms with Gasteiger partial charge < -0.3 is 14.5 Å². The molecule has 0 aliphatic rings. The van der Waals surface area contributed by atoms with Crippen molar-refractivity contribution >= 4 is 5.65 Å². The van der Waals surface area contributed by atoms with Crippen LogP contribution in [0.15, 0.2) is 120 Å². The van der Waals surface area contributed by atoms with Crippen molar-refractivity contribution in [2.75, 3.05) is 7.11 Å². The fourth-order valence-corrected chi connectivity index (χ4v) is 4.81. The maximum absolute atomic E-state index is 14.2. The third-order valence-electron chi connectivity index (χ3n) is 6.71. The van der Waals surface area contributed by atoms with Gasteiger partial charge in [-0.25, -0.2) is 0 Å². The summed E-state index contributed by atoms with van der Waals surface area (Å²) in [7, 11) is 1.62. The van der Waals surface area contributed by atoms with Crippen LogP contribution >= 0.6 is 0 Å². The first-order chi connectivity index (χ1) is 19.2. The van der Waals surface area contributed by atoms with E-state index in [-0.39, 0.29) is 12.2 Å². The Balaban J connectivity index is 1.56. The highest BCUT2D eigenvalue weighted by Crippen LogP contribution is 2.35. The Morgan fingerprint density at radius 3 is 1.92 bits per heavy atom. The van der Waals surface area contributed by atoms with E-state index in [9.17, 15) is 4.79 Å². The van der Waals surface area contributed by atoms with Crippen LogP contribution in [-0.4, -0.2) is 21.7 Å². The maximum Gasteiger partial charge on any atom is 0.282 e. The summed E-state index contributed by atoms with van der Waals surface area (Å²) < 4.78 is 12.9. The largest absolute Gasteiger partial charge is 0.497 e. The van der Waals surface area contributed by atoms with E-state index in [1.165, 1.54) is 4.52 Å². The van der Waals surface area contributed by atoms with Gasteiger partial charge in [-0.1, -0.05) is 103 Å². The van der Waals surface area contributed by atoms with Gasteiger partial charge in [-0.2, -0.15) is 9.61 Å². The predicted octanol–water partition coefficient (Wildman–Crippen LogP) is 6.75. The number of hydrogen-bond donors (Lipinski definition) is 1. The number of aromatic amines is 1. The molecular weight excluding hydrogens is 486 g/mol. The molecule has 39 heavy (non-hydrogen) atoms. The van der Waals surface area contributed by atoms with E-state index >= 15 is 0 Å². The minimum Gasteiger partial charge on any atom is -0.497 e. The van der Waals surface area contributed by atoms with Crippen LogP contribution in [0.3, 0.4) is 0 Å². The van der Waals surface area contributed by atoms with Crippen molar-refractivity contribution in [3.05, 3.63) is 137 Å². The van der Waals surface area contributed by atoms with Gasteiger partial charge >= 0.3 is 0 Å². The summed E-state index contributed by atoms with van der Waals surface area (Å²) in [5.74, 6) is 0.718. The average molecular weight is 514 g/mol. The second-order valence-electron chi connectivity index (χ2n) is 9.21. The van der Waals surface area contributed by atoms with Gasteiger partial charge in [0, 0.05) is 5.56 Å². The molecule has 6 rings (SSSR count). The molecule has 6 heteroatoms. The number of benzene rings is 4. The summed E-state index contributed by atoms with van der Waals surface area (Å²) in [4.78, 5) is 17.7. The Labute approximate surface area is 226 Å². The Kier molecular flexibility index (Phi) is 6.76. The van der Waals surface area contributed by atoms with Crippen LogP contribution in [0.1, 0.15) is 11.3 Å². The van der Waals surface area contributed by atoms with Crippen molar-refractivity contribution in [2.45, 2.75) is 13.2 Å². The van der Waals surface area contributed by atoms with Crippen LogP contribution in [0.5, 0.6) is 5.75 Å². The van der Waals surface area contributed by atoms with Crippen molar-refractivity contribution in [3.8, 4) is 39.3 Å². The average Bonchev–Trinajstić information content (AvgIpc) is 3.39. The molecule has 0 spiro atoms. The van der Waals surface area contributed by atoms with Gasteiger partial charge in [0.05, 0.1) is 37.1 Å². The van der Waals surface area contributed by atoms with Crippen LogP contribution in [-0.2, 0) is 18.0 Å². The molecule has 4 aromatic carbocycles. The quantitative estimate of drug-likeness (QED) is 0.244. The first kappa shape index (κ1) is 24.4. The number of methoxy groups -OCH3 is 1. The maximum atomic E-state index is 14.2. The first-order valence-corrected chi connectivity index (χ1v) is 12.8. The Morgan fingerprint density at radius 1 is 0.692 bits per heavy atom. The molecule has 1 N–H and O–H groups in total. The van der Waals surface area contributed by atoms with Crippen LogP contribution in [0.25, 0.3) is 39.2 Å². The monoisotopic (exact) mass is 513 g/mol. The molecule has 0 aliphatic carbocycles. The molecule has 2 aromatic heterocycles. The van der Waals surface area contributed by atoms with Crippen molar-refractivity contribution in [2.24, 2.45) is 0 Å². The van der Waals surface area contributed by atoms with Gasteiger partial charge in [0.15, 0.2) is 0 Å². The lowest BCUT2D eigenvalue weighted by atomic mass is 10.0. The summed E-state index contributed by atoms with van der Waals surface area (Å²) in [5.41, 5.74) is 6.93. The smallest absolute Gasteiger partial charge is 0.282 e. The van der Waals surface area contributed by atoms with Crippen LogP contribution in [0.2, 0.25) is 0 Å². The molecule has 0 amide bonds. The number of fused-ring (bicyclic) bond motifs is 1. The van der Waals surface area contributed by atoms with Crippen molar-refractivity contribution in [3.63, 3.8) is 0 Å². The topological polar surface area (TPSA) is 68.6 Å². The van der Waals surface area contributed by atoms with Gasteiger partial charge in [0.2, 0.25) is 0 Å². The molecule has 0 bridgehead atoms.